The van der Waals surface area contributed by atoms with Gasteiger partial charge in [0.2, 0.25) is 5.13 Å². The van der Waals surface area contributed by atoms with E-state index < -0.39 is 0 Å². The smallest absolute Gasteiger partial charge is 0.206 e. The third-order valence-corrected chi connectivity index (χ3v) is 4.16. The van der Waals surface area contributed by atoms with Gasteiger partial charge >= 0.3 is 0 Å². The number of rotatable bonds is 6. The molecular weight excluding hydrogens is 332 g/mol. The van der Waals surface area contributed by atoms with Crippen LogP contribution in [0, 0.1) is 0 Å². The van der Waals surface area contributed by atoms with E-state index in [9.17, 15) is 0 Å². The molecule has 1 atom stereocenters. The molecular formula is C16H15ClN4OS. The highest BCUT2D eigenvalue weighted by Crippen LogP contribution is 2.24. The Kier molecular flexibility index (Phi) is 5.05. The largest absolute Gasteiger partial charge is 0.489 e. The van der Waals surface area contributed by atoms with Crippen LogP contribution in [0.5, 0.6) is 5.75 Å². The lowest BCUT2D eigenvalue weighted by molar-refractivity contribution is 0.235. The summed E-state index contributed by atoms with van der Waals surface area (Å²) >= 11 is 7.32. The Morgan fingerprint density at radius 2 is 2.00 bits per heavy atom. The van der Waals surface area contributed by atoms with Crippen molar-refractivity contribution in [1.29, 1.82) is 0 Å². The maximum absolute atomic E-state index is 5.86. The summed E-state index contributed by atoms with van der Waals surface area (Å²) in [6.07, 6.45) is 1.73. The number of nitrogens with one attached hydrogen (secondary N) is 1. The van der Waals surface area contributed by atoms with Crippen LogP contribution in [0.1, 0.15) is 6.92 Å². The zero-order valence-corrected chi connectivity index (χ0v) is 14.0. The highest BCUT2D eigenvalue weighted by molar-refractivity contribution is 7.18. The van der Waals surface area contributed by atoms with E-state index in [4.69, 9.17) is 16.3 Å². The fourth-order valence-corrected chi connectivity index (χ4v) is 2.76. The number of halogens is 1. The normalized spacial score (nSPS) is 11.9. The summed E-state index contributed by atoms with van der Waals surface area (Å²) in [5.41, 5.74) is 0.823. The van der Waals surface area contributed by atoms with Gasteiger partial charge in [0.1, 0.15) is 17.5 Å². The topological polar surface area (TPSA) is 59.9 Å². The zero-order valence-electron chi connectivity index (χ0n) is 12.4. The number of hydrogen-bond donors (Lipinski definition) is 1. The van der Waals surface area contributed by atoms with Gasteiger partial charge in [0.05, 0.1) is 6.54 Å². The summed E-state index contributed by atoms with van der Waals surface area (Å²) in [6.45, 7) is 2.61. The summed E-state index contributed by atoms with van der Waals surface area (Å²) in [5, 5.41) is 13.7. The van der Waals surface area contributed by atoms with Gasteiger partial charge in [-0.05, 0) is 43.3 Å². The van der Waals surface area contributed by atoms with Crippen molar-refractivity contribution in [2.45, 2.75) is 13.0 Å². The van der Waals surface area contributed by atoms with Crippen LogP contribution >= 0.6 is 22.9 Å². The Bertz CT molecular complexity index is 748. The molecule has 23 heavy (non-hydrogen) atoms. The molecule has 3 rings (SSSR count). The molecule has 1 aromatic carbocycles. The van der Waals surface area contributed by atoms with E-state index >= 15 is 0 Å². The second-order valence-corrected chi connectivity index (χ2v) is 6.30. The molecule has 0 fully saturated rings. The maximum atomic E-state index is 5.86. The van der Waals surface area contributed by atoms with Crippen LogP contribution in [-0.2, 0) is 0 Å². The van der Waals surface area contributed by atoms with Crippen LogP contribution in [0.15, 0.2) is 48.7 Å². The lowest BCUT2D eigenvalue weighted by atomic mass is 10.3. The highest BCUT2D eigenvalue weighted by atomic mass is 35.5. The summed E-state index contributed by atoms with van der Waals surface area (Å²) in [4.78, 5) is 4.27. The number of benzene rings is 1. The zero-order chi connectivity index (χ0) is 16.1. The van der Waals surface area contributed by atoms with Gasteiger partial charge in [-0.15, -0.1) is 10.2 Å². The van der Waals surface area contributed by atoms with Gasteiger partial charge in [-0.25, -0.2) is 0 Å². The van der Waals surface area contributed by atoms with E-state index in [2.05, 4.69) is 20.5 Å². The molecule has 0 unspecified atom stereocenters. The fourth-order valence-electron chi connectivity index (χ4n) is 1.91. The average Bonchev–Trinajstić information content (AvgIpc) is 3.05. The molecule has 0 saturated heterocycles. The van der Waals surface area contributed by atoms with Crippen LogP contribution < -0.4 is 10.1 Å². The van der Waals surface area contributed by atoms with Crippen molar-refractivity contribution in [2.75, 3.05) is 11.9 Å². The molecule has 118 valence electrons. The van der Waals surface area contributed by atoms with Crippen LogP contribution in [0.4, 0.5) is 5.13 Å². The Morgan fingerprint density at radius 3 is 2.74 bits per heavy atom. The molecule has 2 aromatic heterocycles. The number of hydrogen-bond acceptors (Lipinski definition) is 6. The first-order chi connectivity index (χ1) is 11.2. The molecule has 0 aliphatic carbocycles. The molecule has 1 N–H and O–H groups in total. The second kappa shape index (κ2) is 7.39. The minimum absolute atomic E-state index is 0.0154. The SMILES string of the molecule is C[C@@H](CNc1nnc(-c2ccccn2)s1)Oc1ccc(Cl)cc1. The van der Waals surface area contributed by atoms with Crippen molar-refractivity contribution in [3.05, 3.63) is 53.7 Å². The molecule has 0 radical (unpaired) electrons. The molecule has 0 aliphatic heterocycles. The lowest BCUT2D eigenvalue weighted by Crippen LogP contribution is -2.22. The molecule has 0 aliphatic rings. The Balaban J connectivity index is 1.54. The molecule has 2 heterocycles. The van der Waals surface area contributed by atoms with Crippen molar-refractivity contribution >= 4 is 28.1 Å². The predicted octanol–water partition coefficient (Wildman–Crippen LogP) is 4.13. The van der Waals surface area contributed by atoms with Crippen molar-refractivity contribution in [1.82, 2.24) is 15.2 Å². The molecule has 5 nitrogen and oxygen atoms in total. The van der Waals surface area contributed by atoms with Crippen LogP contribution in [0.3, 0.4) is 0 Å². The molecule has 3 aromatic rings. The van der Waals surface area contributed by atoms with Crippen LogP contribution in [-0.4, -0.2) is 27.8 Å². The number of nitrogens with zero attached hydrogens (tertiary/aromatic N) is 3. The first-order valence-corrected chi connectivity index (χ1v) is 8.31. The molecule has 0 amide bonds. The standard InChI is InChI=1S/C16H15ClN4OS/c1-11(22-13-7-5-12(17)6-8-13)10-19-16-21-20-15(23-16)14-4-2-3-9-18-14/h2-9,11H,10H2,1H3,(H,19,21)/t11-/m0/s1. The van der Waals surface area contributed by atoms with Gasteiger partial charge in [0.15, 0.2) is 5.01 Å². The van der Waals surface area contributed by atoms with E-state index in [1.165, 1.54) is 11.3 Å². The van der Waals surface area contributed by atoms with Crippen molar-refractivity contribution in [2.24, 2.45) is 0 Å². The number of ether oxygens (including phenoxy) is 1. The van der Waals surface area contributed by atoms with Gasteiger partial charge in [0.25, 0.3) is 0 Å². The second-order valence-electron chi connectivity index (χ2n) is 4.89. The van der Waals surface area contributed by atoms with Gasteiger partial charge < -0.3 is 10.1 Å². The lowest BCUT2D eigenvalue weighted by Gasteiger charge is -2.14. The maximum Gasteiger partial charge on any atom is 0.206 e. The van der Waals surface area contributed by atoms with Crippen molar-refractivity contribution in [3.63, 3.8) is 0 Å². The van der Waals surface area contributed by atoms with E-state index in [1.54, 1.807) is 18.3 Å². The molecule has 0 bridgehead atoms. The number of pyridine rings is 1. The first kappa shape index (κ1) is 15.7. The number of aromatic nitrogens is 3. The summed E-state index contributed by atoms with van der Waals surface area (Å²) in [6, 6.07) is 13.0. The summed E-state index contributed by atoms with van der Waals surface area (Å²) in [5.74, 6) is 0.787. The van der Waals surface area contributed by atoms with Crippen molar-refractivity contribution < 1.29 is 4.74 Å². The van der Waals surface area contributed by atoms with Gasteiger partial charge in [-0.2, -0.15) is 0 Å². The number of anilines is 1. The van der Waals surface area contributed by atoms with Crippen LogP contribution in [0.2, 0.25) is 5.02 Å². The summed E-state index contributed by atoms with van der Waals surface area (Å²) < 4.78 is 5.81. The summed E-state index contributed by atoms with van der Waals surface area (Å²) in [7, 11) is 0. The Labute approximate surface area is 143 Å². The monoisotopic (exact) mass is 346 g/mol. The molecule has 0 saturated carbocycles. The predicted molar refractivity (Wildman–Crippen MR) is 93.2 cm³/mol. The Hall–Kier alpha value is -2.18. The van der Waals surface area contributed by atoms with Crippen LogP contribution in [0.25, 0.3) is 10.7 Å². The van der Waals surface area contributed by atoms with Gasteiger partial charge in [-0.3, -0.25) is 4.98 Å². The molecule has 7 heteroatoms. The highest BCUT2D eigenvalue weighted by Gasteiger charge is 2.09. The van der Waals surface area contributed by atoms with E-state index in [1.807, 2.05) is 37.3 Å². The fraction of sp³-hybridized carbons (Fsp3) is 0.188. The van der Waals surface area contributed by atoms with Gasteiger partial charge in [-0.1, -0.05) is 29.0 Å². The third-order valence-electron chi connectivity index (χ3n) is 3.00. The minimum atomic E-state index is -0.0154. The van der Waals surface area contributed by atoms with E-state index in [0.29, 0.717) is 11.6 Å². The third kappa shape index (κ3) is 4.40. The van der Waals surface area contributed by atoms with Crippen molar-refractivity contribution in [3.8, 4) is 16.5 Å². The average molecular weight is 347 g/mol. The first-order valence-electron chi connectivity index (χ1n) is 7.12. The van der Waals surface area contributed by atoms with E-state index in [0.717, 1.165) is 21.6 Å². The molecule has 0 spiro atoms. The Morgan fingerprint density at radius 1 is 1.17 bits per heavy atom. The minimum Gasteiger partial charge on any atom is -0.489 e. The quantitative estimate of drug-likeness (QED) is 0.727. The van der Waals surface area contributed by atoms with E-state index in [-0.39, 0.29) is 6.10 Å². The van der Waals surface area contributed by atoms with Gasteiger partial charge in [0, 0.05) is 11.2 Å².